The molecule has 0 fully saturated rings. The molecule has 0 aliphatic carbocycles. The van der Waals surface area contributed by atoms with Crippen molar-refractivity contribution in [1.29, 1.82) is 0 Å². The number of aromatic nitrogens is 2. The summed E-state index contributed by atoms with van der Waals surface area (Å²) in [5.74, 6) is -0.715. The summed E-state index contributed by atoms with van der Waals surface area (Å²) in [6, 6.07) is 9.74. The van der Waals surface area contributed by atoms with Gasteiger partial charge in [0.1, 0.15) is 6.61 Å². The zero-order valence-corrected chi connectivity index (χ0v) is 19.4. The molecule has 6 nitrogen and oxygen atoms in total. The van der Waals surface area contributed by atoms with Crippen molar-refractivity contribution in [3.05, 3.63) is 57.4 Å². The fourth-order valence-corrected chi connectivity index (χ4v) is 7.36. The van der Waals surface area contributed by atoms with Crippen LogP contribution in [0.25, 0.3) is 22.3 Å². The van der Waals surface area contributed by atoms with E-state index in [0.29, 0.717) is 28.9 Å². The molecule has 0 amide bonds. The van der Waals surface area contributed by atoms with Gasteiger partial charge in [0, 0.05) is 11.1 Å². The number of pyridine rings is 2. The minimum atomic E-state index is -2.03. The Hall–Kier alpha value is -2.48. The number of halogens is 1. The minimum absolute atomic E-state index is 0.122. The number of alkyl halides is 1. The standard InChI is InChI=1S/C23H23ClN2O4Si/c1-4-23(29)16-9-18-19-14(10-26(18)21(27)15(16)11-30-22(23)28)20(31(2,3)12-24)13-7-5-6-8-17(13)25-19/h5-9,29H,4,10-12H2,1-3H3/t23-/m0/s1. The molecule has 1 aromatic carbocycles. The number of benzene rings is 1. The van der Waals surface area contributed by atoms with Gasteiger partial charge < -0.3 is 14.4 Å². The van der Waals surface area contributed by atoms with E-state index in [1.807, 2.05) is 18.2 Å². The van der Waals surface area contributed by atoms with E-state index in [1.165, 1.54) is 5.19 Å². The van der Waals surface area contributed by atoms with E-state index >= 15 is 0 Å². The van der Waals surface area contributed by atoms with Gasteiger partial charge in [0.25, 0.3) is 5.56 Å². The first-order valence-electron chi connectivity index (χ1n) is 10.4. The van der Waals surface area contributed by atoms with Crippen molar-refractivity contribution < 1.29 is 14.6 Å². The average Bonchev–Trinajstić information content (AvgIpc) is 3.13. The highest BCUT2D eigenvalue weighted by atomic mass is 35.5. The number of hydrogen-bond donors (Lipinski definition) is 1. The van der Waals surface area contributed by atoms with Crippen LogP contribution in [0.5, 0.6) is 0 Å². The maximum atomic E-state index is 13.4. The molecule has 0 spiro atoms. The van der Waals surface area contributed by atoms with E-state index in [2.05, 4.69) is 19.2 Å². The first-order chi connectivity index (χ1) is 14.7. The number of rotatable bonds is 3. The molecule has 1 N–H and O–H groups in total. The summed E-state index contributed by atoms with van der Waals surface area (Å²) in [6.07, 6.45) is 0.122. The summed E-state index contributed by atoms with van der Waals surface area (Å²) in [7, 11) is -2.03. The second kappa shape index (κ2) is 6.76. The quantitative estimate of drug-likeness (QED) is 0.292. The largest absolute Gasteiger partial charge is 0.458 e. The van der Waals surface area contributed by atoms with E-state index in [1.54, 1.807) is 17.6 Å². The lowest BCUT2D eigenvalue weighted by Crippen LogP contribution is -2.46. The molecule has 0 saturated heterocycles. The van der Waals surface area contributed by atoms with E-state index in [9.17, 15) is 14.7 Å². The maximum Gasteiger partial charge on any atom is 0.343 e. The number of nitrogens with zero attached hydrogens (tertiary/aromatic N) is 2. The first kappa shape index (κ1) is 20.4. The predicted molar refractivity (Wildman–Crippen MR) is 122 cm³/mol. The van der Waals surface area contributed by atoms with Crippen molar-refractivity contribution in [3.8, 4) is 11.4 Å². The third-order valence-corrected chi connectivity index (χ3v) is 11.2. The van der Waals surface area contributed by atoms with Crippen LogP contribution in [0.3, 0.4) is 0 Å². The molecule has 0 saturated carbocycles. The number of hydrogen-bond acceptors (Lipinski definition) is 5. The summed E-state index contributed by atoms with van der Waals surface area (Å²) in [4.78, 5) is 30.7. The SMILES string of the molecule is CC[C@@]1(O)C(=O)OCc2c1cc1n(c2=O)Cc2c-1nc1ccccc1c2[Si](C)(C)CCl. The molecule has 160 valence electrons. The molecule has 4 heterocycles. The summed E-state index contributed by atoms with van der Waals surface area (Å²) >= 11 is 6.43. The van der Waals surface area contributed by atoms with Gasteiger partial charge in [-0.3, -0.25) is 4.79 Å². The summed E-state index contributed by atoms with van der Waals surface area (Å²) < 4.78 is 6.85. The van der Waals surface area contributed by atoms with Gasteiger partial charge in [0.2, 0.25) is 0 Å². The molecule has 1 atom stereocenters. The van der Waals surface area contributed by atoms with E-state index in [4.69, 9.17) is 21.3 Å². The Morgan fingerprint density at radius 1 is 1.26 bits per heavy atom. The number of carbonyl (C=O) groups excluding carboxylic acids is 1. The number of esters is 1. The lowest BCUT2D eigenvalue weighted by Gasteiger charge is -2.31. The zero-order valence-electron chi connectivity index (χ0n) is 17.7. The van der Waals surface area contributed by atoms with Crippen molar-refractivity contribution in [1.82, 2.24) is 9.55 Å². The van der Waals surface area contributed by atoms with Crippen molar-refractivity contribution in [2.45, 2.75) is 45.2 Å². The topological polar surface area (TPSA) is 81.4 Å². The molecule has 3 aromatic rings. The van der Waals surface area contributed by atoms with Gasteiger partial charge in [0.05, 0.1) is 37.1 Å². The average molecular weight is 455 g/mol. The number of cyclic esters (lactones) is 1. The molecule has 31 heavy (non-hydrogen) atoms. The summed E-state index contributed by atoms with van der Waals surface area (Å²) in [6.45, 7) is 6.42. The number of fused-ring (bicyclic) bond motifs is 5. The highest BCUT2D eigenvalue weighted by Gasteiger charge is 2.45. The van der Waals surface area contributed by atoms with Crippen LogP contribution in [0, 0.1) is 0 Å². The second-order valence-electron chi connectivity index (χ2n) is 8.95. The van der Waals surface area contributed by atoms with Crippen LogP contribution in [0.4, 0.5) is 0 Å². The zero-order chi connectivity index (χ0) is 22.1. The molecule has 0 unspecified atom stereocenters. The van der Waals surface area contributed by atoms with Gasteiger partial charge >= 0.3 is 5.97 Å². The van der Waals surface area contributed by atoms with Crippen LogP contribution in [-0.2, 0) is 28.3 Å². The normalized spacial score (nSPS) is 19.7. The summed E-state index contributed by atoms with van der Waals surface area (Å²) in [5, 5.41) is 13.3. The number of para-hydroxylation sites is 1. The van der Waals surface area contributed by atoms with Gasteiger partial charge in [-0.1, -0.05) is 38.2 Å². The fourth-order valence-electron chi connectivity index (χ4n) is 4.87. The predicted octanol–water partition coefficient (Wildman–Crippen LogP) is 2.77. The van der Waals surface area contributed by atoms with Crippen molar-refractivity contribution in [3.63, 3.8) is 0 Å². The van der Waals surface area contributed by atoms with Crippen molar-refractivity contribution >= 4 is 41.7 Å². The molecule has 2 aromatic heterocycles. The smallest absolute Gasteiger partial charge is 0.343 e. The molecule has 2 aliphatic heterocycles. The lowest BCUT2D eigenvalue weighted by molar-refractivity contribution is -0.172. The van der Waals surface area contributed by atoms with Gasteiger partial charge in [-0.2, -0.15) is 0 Å². The Morgan fingerprint density at radius 2 is 2.00 bits per heavy atom. The number of carbonyl (C=O) groups is 1. The third-order valence-electron chi connectivity index (χ3n) is 6.61. The van der Waals surface area contributed by atoms with Crippen LogP contribution in [-0.4, -0.2) is 34.2 Å². The maximum absolute atomic E-state index is 13.4. The van der Waals surface area contributed by atoms with Gasteiger partial charge in [0.15, 0.2) is 5.60 Å². The Labute approximate surface area is 185 Å². The van der Waals surface area contributed by atoms with Gasteiger partial charge in [-0.25, -0.2) is 9.78 Å². The van der Waals surface area contributed by atoms with Crippen molar-refractivity contribution in [2.75, 3.05) is 5.50 Å². The number of aliphatic hydroxyl groups is 1. The van der Waals surface area contributed by atoms with Crippen molar-refractivity contribution in [2.24, 2.45) is 0 Å². The van der Waals surface area contributed by atoms with Crippen LogP contribution < -0.4 is 10.7 Å². The molecule has 8 heteroatoms. The molecular formula is C23H23ClN2O4Si. The molecule has 0 bridgehead atoms. The number of ether oxygens (including phenoxy) is 1. The Morgan fingerprint density at radius 3 is 2.71 bits per heavy atom. The minimum Gasteiger partial charge on any atom is -0.458 e. The van der Waals surface area contributed by atoms with Crippen LogP contribution in [0.1, 0.15) is 30.0 Å². The van der Waals surface area contributed by atoms with E-state index in [-0.39, 0.29) is 18.6 Å². The molecular weight excluding hydrogens is 432 g/mol. The molecule has 5 rings (SSSR count). The Bertz CT molecular complexity index is 1330. The summed E-state index contributed by atoms with van der Waals surface area (Å²) in [5.41, 5.74) is 2.38. The second-order valence-corrected chi connectivity index (χ2v) is 14.3. The van der Waals surface area contributed by atoms with Crippen LogP contribution >= 0.6 is 11.6 Å². The molecule has 2 aliphatic rings. The lowest BCUT2D eigenvalue weighted by atomic mass is 9.86. The van der Waals surface area contributed by atoms with Crippen LogP contribution in [0.2, 0.25) is 13.1 Å². The highest BCUT2D eigenvalue weighted by molar-refractivity contribution is 6.95. The molecule has 0 radical (unpaired) electrons. The monoisotopic (exact) mass is 454 g/mol. The fraction of sp³-hybridized carbons (Fsp3) is 0.348. The van der Waals surface area contributed by atoms with E-state index < -0.39 is 19.6 Å². The Kier molecular flexibility index (Phi) is 4.45. The Balaban J connectivity index is 1.86. The first-order valence-corrected chi connectivity index (χ1v) is 14.1. The van der Waals surface area contributed by atoms with Crippen LogP contribution in [0.15, 0.2) is 35.1 Å². The van der Waals surface area contributed by atoms with Gasteiger partial charge in [-0.15, -0.1) is 11.6 Å². The van der Waals surface area contributed by atoms with E-state index in [0.717, 1.165) is 22.2 Å². The third kappa shape index (κ3) is 2.70. The van der Waals surface area contributed by atoms with Gasteiger partial charge in [-0.05, 0) is 34.7 Å². The highest BCUT2D eigenvalue weighted by Crippen LogP contribution is 2.38.